The highest BCUT2D eigenvalue weighted by atomic mass is 32.1. The molecule has 3 aromatic rings. The number of ether oxygens (including phenoxy) is 1. The summed E-state index contributed by atoms with van der Waals surface area (Å²) in [6.45, 7) is 6.17. The summed E-state index contributed by atoms with van der Waals surface area (Å²) < 4.78 is 24.4. The van der Waals surface area contributed by atoms with Gasteiger partial charge >= 0.3 is 0 Å². The Morgan fingerprint density at radius 3 is 2.84 bits per heavy atom. The number of aromatic nitrogens is 2. The molecule has 9 heteroatoms. The van der Waals surface area contributed by atoms with Crippen LogP contribution in [0.3, 0.4) is 0 Å². The molecule has 2 N–H and O–H groups in total. The van der Waals surface area contributed by atoms with Crippen LogP contribution in [0.1, 0.15) is 24.4 Å². The number of thiocarbonyl (C=S) groups is 1. The van der Waals surface area contributed by atoms with Crippen molar-refractivity contribution in [3.8, 4) is 22.9 Å². The fourth-order valence-corrected chi connectivity index (χ4v) is 3.95. The van der Waals surface area contributed by atoms with Crippen LogP contribution in [-0.4, -0.2) is 38.9 Å². The molecule has 0 fully saturated rings. The number of hydrogen-bond acceptors (Lipinski definition) is 6. The Balaban J connectivity index is 1.83. The lowest BCUT2D eigenvalue weighted by Crippen LogP contribution is -2.45. The summed E-state index contributed by atoms with van der Waals surface area (Å²) in [5, 5.41) is 18.1. The van der Waals surface area contributed by atoms with Crippen molar-refractivity contribution in [1.82, 2.24) is 20.4 Å². The molecule has 0 spiro atoms. The molecule has 7 nitrogen and oxygen atoms in total. The van der Waals surface area contributed by atoms with E-state index in [1.54, 1.807) is 30.3 Å². The molecule has 2 aromatic carbocycles. The summed E-state index contributed by atoms with van der Waals surface area (Å²) in [4.78, 5) is 6.39. The number of nitrogens with zero attached hydrogens (tertiary/aromatic N) is 3. The lowest BCUT2D eigenvalue weighted by Gasteiger charge is -2.36. The maximum absolute atomic E-state index is 13.7. The lowest BCUT2D eigenvalue weighted by molar-refractivity contribution is 0.372. The van der Waals surface area contributed by atoms with E-state index in [0.717, 1.165) is 11.3 Å². The van der Waals surface area contributed by atoms with Crippen molar-refractivity contribution in [2.24, 2.45) is 0 Å². The largest absolute Gasteiger partial charge is 0.504 e. The SMILES string of the molecule is C=CCN1C(=S)NC(c2ccc(OC)c(O)c2)C(c2nc(-c3cccc(F)c3)no2)=C1C. The Kier molecular flexibility index (Phi) is 5.91. The van der Waals surface area contributed by atoms with Gasteiger partial charge in [-0.2, -0.15) is 4.98 Å². The molecule has 164 valence electrons. The quantitative estimate of drug-likeness (QED) is 0.420. The number of rotatable bonds is 6. The van der Waals surface area contributed by atoms with Crippen molar-refractivity contribution < 1.29 is 18.8 Å². The molecule has 0 bridgehead atoms. The van der Waals surface area contributed by atoms with E-state index in [1.165, 1.54) is 19.2 Å². The summed E-state index contributed by atoms with van der Waals surface area (Å²) in [5.74, 6) is 0.478. The molecule has 2 heterocycles. The van der Waals surface area contributed by atoms with Gasteiger partial charge in [0.15, 0.2) is 16.6 Å². The van der Waals surface area contributed by atoms with Gasteiger partial charge in [-0.15, -0.1) is 6.58 Å². The Morgan fingerprint density at radius 1 is 1.34 bits per heavy atom. The van der Waals surface area contributed by atoms with Gasteiger partial charge in [0.25, 0.3) is 5.89 Å². The number of benzene rings is 2. The first-order valence-electron chi connectivity index (χ1n) is 9.79. The van der Waals surface area contributed by atoms with E-state index in [-0.39, 0.29) is 17.5 Å². The van der Waals surface area contributed by atoms with Crippen LogP contribution in [-0.2, 0) is 0 Å². The summed E-state index contributed by atoms with van der Waals surface area (Å²) in [6.07, 6.45) is 1.74. The Morgan fingerprint density at radius 2 is 2.16 bits per heavy atom. The molecule has 0 saturated heterocycles. The fraction of sp³-hybridized carbons (Fsp3) is 0.174. The van der Waals surface area contributed by atoms with Gasteiger partial charge in [-0.3, -0.25) is 0 Å². The predicted octanol–water partition coefficient (Wildman–Crippen LogP) is 4.44. The number of allylic oxidation sites excluding steroid dienone is 1. The number of nitrogens with one attached hydrogen (secondary N) is 1. The predicted molar refractivity (Wildman–Crippen MR) is 122 cm³/mol. The van der Waals surface area contributed by atoms with E-state index < -0.39 is 11.9 Å². The first-order chi connectivity index (χ1) is 15.4. The number of aromatic hydroxyl groups is 1. The molecule has 1 atom stereocenters. The number of phenolic OH excluding ortho intramolecular Hbond substituents is 1. The van der Waals surface area contributed by atoms with Crippen LogP contribution >= 0.6 is 12.2 Å². The number of halogens is 1. The zero-order chi connectivity index (χ0) is 22.8. The molecule has 0 saturated carbocycles. The zero-order valence-corrected chi connectivity index (χ0v) is 18.3. The van der Waals surface area contributed by atoms with Crippen molar-refractivity contribution in [3.63, 3.8) is 0 Å². The molecule has 0 radical (unpaired) electrons. The second-order valence-corrected chi connectivity index (χ2v) is 7.53. The van der Waals surface area contributed by atoms with Crippen molar-refractivity contribution in [1.29, 1.82) is 0 Å². The average molecular weight is 453 g/mol. The maximum Gasteiger partial charge on any atom is 0.258 e. The van der Waals surface area contributed by atoms with E-state index in [4.69, 9.17) is 21.5 Å². The normalized spacial score (nSPS) is 16.2. The van der Waals surface area contributed by atoms with Gasteiger partial charge in [-0.25, -0.2) is 4.39 Å². The van der Waals surface area contributed by atoms with Crippen molar-refractivity contribution in [3.05, 3.63) is 78.1 Å². The topological polar surface area (TPSA) is 83.7 Å². The molecule has 1 aliphatic heterocycles. The zero-order valence-electron chi connectivity index (χ0n) is 17.5. The van der Waals surface area contributed by atoms with Gasteiger partial charge in [0.2, 0.25) is 5.82 Å². The van der Waals surface area contributed by atoms with Crippen LogP contribution in [0.25, 0.3) is 17.0 Å². The van der Waals surface area contributed by atoms with Crippen LogP contribution in [0.5, 0.6) is 11.5 Å². The first-order valence-corrected chi connectivity index (χ1v) is 10.2. The minimum Gasteiger partial charge on any atom is -0.504 e. The summed E-state index contributed by atoms with van der Waals surface area (Å²) in [5.41, 5.74) is 2.70. The van der Waals surface area contributed by atoms with Gasteiger partial charge in [-0.05, 0) is 49.0 Å². The molecule has 1 aliphatic rings. The lowest BCUT2D eigenvalue weighted by atomic mass is 9.94. The third-order valence-corrected chi connectivity index (χ3v) is 5.52. The summed E-state index contributed by atoms with van der Waals surface area (Å²) >= 11 is 5.56. The Bertz CT molecular complexity index is 1220. The van der Waals surface area contributed by atoms with E-state index in [2.05, 4.69) is 22.0 Å². The smallest absolute Gasteiger partial charge is 0.258 e. The fourth-order valence-electron chi connectivity index (χ4n) is 3.62. The highest BCUT2D eigenvalue weighted by molar-refractivity contribution is 7.80. The van der Waals surface area contributed by atoms with Gasteiger partial charge < -0.3 is 24.6 Å². The molecule has 4 rings (SSSR count). The van der Waals surface area contributed by atoms with E-state index in [1.807, 2.05) is 17.9 Å². The second kappa shape index (κ2) is 8.80. The van der Waals surface area contributed by atoms with Gasteiger partial charge in [0, 0.05) is 17.8 Å². The minimum atomic E-state index is -0.471. The van der Waals surface area contributed by atoms with E-state index in [9.17, 15) is 9.50 Å². The third kappa shape index (κ3) is 3.94. The van der Waals surface area contributed by atoms with Crippen LogP contribution in [0.15, 0.2) is 65.3 Å². The van der Waals surface area contributed by atoms with Crippen LogP contribution in [0, 0.1) is 5.82 Å². The number of phenols is 1. The number of hydrogen-bond donors (Lipinski definition) is 2. The van der Waals surface area contributed by atoms with Crippen molar-refractivity contribution in [2.75, 3.05) is 13.7 Å². The average Bonchev–Trinajstić information content (AvgIpc) is 3.26. The molecular weight excluding hydrogens is 431 g/mol. The van der Waals surface area contributed by atoms with Crippen LogP contribution < -0.4 is 10.1 Å². The monoisotopic (exact) mass is 452 g/mol. The molecular formula is C23H21FN4O3S. The second-order valence-electron chi connectivity index (χ2n) is 7.15. The first kappa shape index (κ1) is 21.5. The van der Waals surface area contributed by atoms with Crippen LogP contribution in [0.2, 0.25) is 0 Å². The van der Waals surface area contributed by atoms with Gasteiger partial charge in [0.05, 0.1) is 18.7 Å². The molecule has 1 unspecified atom stereocenters. The van der Waals surface area contributed by atoms with Crippen molar-refractivity contribution in [2.45, 2.75) is 13.0 Å². The molecule has 1 aromatic heterocycles. The van der Waals surface area contributed by atoms with Gasteiger partial charge in [-0.1, -0.05) is 29.4 Å². The molecule has 0 aliphatic carbocycles. The Labute approximate surface area is 189 Å². The van der Waals surface area contributed by atoms with Crippen LogP contribution in [0.4, 0.5) is 4.39 Å². The van der Waals surface area contributed by atoms with E-state index in [0.29, 0.717) is 28.5 Å². The molecule has 0 amide bonds. The highest BCUT2D eigenvalue weighted by Gasteiger charge is 2.34. The third-order valence-electron chi connectivity index (χ3n) is 5.18. The highest BCUT2D eigenvalue weighted by Crippen LogP contribution is 2.39. The maximum atomic E-state index is 13.7. The summed E-state index contributed by atoms with van der Waals surface area (Å²) in [7, 11) is 1.48. The summed E-state index contributed by atoms with van der Waals surface area (Å²) in [6, 6.07) is 10.6. The standard InChI is InChI=1S/C23H21FN4O3S/c1-4-10-28-13(2)19(22-26-21(27-31-22)15-6-5-7-16(24)11-15)20(25-23(28)32)14-8-9-18(30-3)17(29)12-14/h4-9,11-12,20,29H,1,10H2,2-3H3,(H,25,32). The van der Waals surface area contributed by atoms with Gasteiger partial charge in [0.1, 0.15) is 5.82 Å². The number of methoxy groups -OCH3 is 1. The molecule has 32 heavy (non-hydrogen) atoms. The minimum absolute atomic E-state index is 0.00535. The van der Waals surface area contributed by atoms with E-state index >= 15 is 0 Å². The van der Waals surface area contributed by atoms with Crippen molar-refractivity contribution >= 4 is 22.9 Å². The Hall–Kier alpha value is -3.72.